The Hall–Kier alpha value is -2.22. The number of aromatic nitrogens is 2. The molecule has 0 spiro atoms. The van der Waals surface area contributed by atoms with E-state index in [0.29, 0.717) is 5.69 Å². The first-order valence-electron chi connectivity index (χ1n) is 5.31. The van der Waals surface area contributed by atoms with Crippen LogP contribution in [0.1, 0.15) is 6.42 Å². The first-order chi connectivity index (χ1) is 8.58. The van der Waals surface area contributed by atoms with Crippen LogP contribution in [0.3, 0.4) is 0 Å². The molecule has 1 fully saturated rings. The third kappa shape index (κ3) is 2.54. The summed E-state index contributed by atoms with van der Waals surface area (Å²) in [4.78, 5) is 31.3. The quantitative estimate of drug-likeness (QED) is 0.655. The van der Waals surface area contributed by atoms with Crippen LogP contribution in [0.4, 0.5) is 10.5 Å². The van der Waals surface area contributed by atoms with Crippen LogP contribution >= 0.6 is 0 Å². The number of carboxylic acid groups (broad SMARTS) is 1. The van der Waals surface area contributed by atoms with Gasteiger partial charge in [-0.05, 0) is 0 Å². The molecule has 1 saturated heterocycles. The molecular formula is C10H12N4O4. The second-order valence-corrected chi connectivity index (χ2v) is 3.95. The number of nitrogens with one attached hydrogen (secondary N) is 1. The van der Waals surface area contributed by atoms with E-state index in [2.05, 4.69) is 15.3 Å². The van der Waals surface area contributed by atoms with Gasteiger partial charge in [-0.25, -0.2) is 19.6 Å². The van der Waals surface area contributed by atoms with Crippen molar-refractivity contribution in [2.45, 2.75) is 18.6 Å². The van der Waals surface area contributed by atoms with Crippen LogP contribution < -0.4 is 5.32 Å². The number of likely N-dealkylation sites (tertiary alicyclic amines) is 1. The molecule has 2 amide bonds. The van der Waals surface area contributed by atoms with E-state index < -0.39 is 24.1 Å². The Kier molecular flexibility index (Phi) is 3.38. The van der Waals surface area contributed by atoms with Gasteiger partial charge in [-0.2, -0.15) is 0 Å². The van der Waals surface area contributed by atoms with Crippen LogP contribution in [0.25, 0.3) is 0 Å². The van der Waals surface area contributed by atoms with E-state index in [1.54, 1.807) is 0 Å². The minimum Gasteiger partial charge on any atom is -0.480 e. The van der Waals surface area contributed by atoms with E-state index in [4.69, 9.17) is 5.11 Å². The molecule has 0 saturated carbocycles. The molecule has 0 radical (unpaired) electrons. The van der Waals surface area contributed by atoms with Gasteiger partial charge in [0.2, 0.25) is 0 Å². The highest BCUT2D eigenvalue weighted by Crippen LogP contribution is 2.19. The average molecular weight is 252 g/mol. The molecule has 96 valence electrons. The van der Waals surface area contributed by atoms with Gasteiger partial charge in [-0.15, -0.1) is 0 Å². The first kappa shape index (κ1) is 12.2. The molecule has 1 aromatic heterocycles. The summed E-state index contributed by atoms with van der Waals surface area (Å²) in [5, 5.41) is 20.9. The number of hydrogen-bond donors (Lipinski definition) is 3. The van der Waals surface area contributed by atoms with Gasteiger partial charge in [-0.1, -0.05) is 0 Å². The van der Waals surface area contributed by atoms with Crippen LogP contribution in [0.15, 0.2) is 18.7 Å². The number of urea groups is 1. The molecule has 8 nitrogen and oxygen atoms in total. The number of rotatable bonds is 2. The molecule has 8 heteroatoms. The molecule has 0 unspecified atom stereocenters. The minimum absolute atomic E-state index is 0.00348. The van der Waals surface area contributed by atoms with Crippen LogP contribution in [-0.2, 0) is 4.79 Å². The lowest BCUT2D eigenvalue weighted by molar-refractivity contribution is -0.141. The molecule has 0 aromatic carbocycles. The Morgan fingerprint density at radius 1 is 1.39 bits per heavy atom. The fraction of sp³-hybridized carbons (Fsp3) is 0.400. The molecule has 3 N–H and O–H groups in total. The number of nitrogens with zero attached hydrogens (tertiary/aromatic N) is 3. The van der Waals surface area contributed by atoms with Crippen LogP contribution in [0.2, 0.25) is 0 Å². The second-order valence-electron chi connectivity index (χ2n) is 3.95. The number of carbonyl (C=O) groups is 2. The summed E-state index contributed by atoms with van der Waals surface area (Å²) in [5.41, 5.74) is 0.369. The van der Waals surface area contributed by atoms with E-state index in [-0.39, 0.29) is 13.0 Å². The third-order valence-electron chi connectivity index (χ3n) is 2.64. The van der Waals surface area contributed by atoms with Gasteiger partial charge in [0.1, 0.15) is 12.4 Å². The van der Waals surface area contributed by atoms with E-state index in [1.807, 2.05) is 0 Å². The number of aliphatic hydroxyl groups excluding tert-OH is 1. The van der Waals surface area contributed by atoms with E-state index in [1.165, 1.54) is 18.7 Å². The summed E-state index contributed by atoms with van der Waals surface area (Å²) < 4.78 is 0. The number of carboxylic acids is 1. The van der Waals surface area contributed by atoms with Crippen molar-refractivity contribution in [1.29, 1.82) is 0 Å². The number of carbonyl (C=O) groups excluding carboxylic acids is 1. The zero-order valence-corrected chi connectivity index (χ0v) is 9.35. The molecule has 0 aliphatic carbocycles. The molecule has 2 heterocycles. The van der Waals surface area contributed by atoms with Gasteiger partial charge in [0.25, 0.3) is 0 Å². The zero-order valence-electron chi connectivity index (χ0n) is 9.35. The van der Waals surface area contributed by atoms with Crippen LogP contribution in [-0.4, -0.2) is 55.8 Å². The summed E-state index contributed by atoms with van der Waals surface area (Å²) >= 11 is 0. The fourth-order valence-electron chi connectivity index (χ4n) is 1.83. The Labute approximate surface area is 102 Å². The van der Waals surface area contributed by atoms with Crippen molar-refractivity contribution in [3.63, 3.8) is 0 Å². The zero-order chi connectivity index (χ0) is 13.1. The maximum Gasteiger partial charge on any atom is 0.326 e. The van der Waals surface area contributed by atoms with Gasteiger partial charge in [0.15, 0.2) is 0 Å². The van der Waals surface area contributed by atoms with E-state index in [9.17, 15) is 14.7 Å². The predicted molar refractivity (Wildman–Crippen MR) is 59.8 cm³/mol. The molecule has 2 atom stereocenters. The number of anilines is 1. The van der Waals surface area contributed by atoms with Gasteiger partial charge in [0, 0.05) is 13.0 Å². The van der Waals surface area contributed by atoms with Crippen molar-refractivity contribution in [3.05, 3.63) is 18.7 Å². The smallest absolute Gasteiger partial charge is 0.326 e. The lowest BCUT2D eigenvalue weighted by Crippen LogP contribution is -2.43. The number of aliphatic carboxylic acids is 1. The van der Waals surface area contributed by atoms with Gasteiger partial charge < -0.3 is 20.4 Å². The van der Waals surface area contributed by atoms with Gasteiger partial charge >= 0.3 is 12.0 Å². The summed E-state index contributed by atoms with van der Waals surface area (Å²) in [6.07, 6.45) is 3.33. The van der Waals surface area contributed by atoms with Gasteiger partial charge in [-0.3, -0.25) is 0 Å². The topological polar surface area (TPSA) is 116 Å². The summed E-state index contributed by atoms with van der Waals surface area (Å²) in [6.45, 7) is -0.00348. The van der Waals surface area contributed by atoms with Crippen molar-refractivity contribution < 1.29 is 19.8 Å². The van der Waals surface area contributed by atoms with Crippen molar-refractivity contribution in [3.8, 4) is 0 Å². The Morgan fingerprint density at radius 2 is 2.06 bits per heavy atom. The lowest BCUT2D eigenvalue weighted by atomic mass is 10.2. The van der Waals surface area contributed by atoms with Crippen molar-refractivity contribution >= 4 is 17.7 Å². The largest absolute Gasteiger partial charge is 0.480 e. The molecule has 1 aromatic rings. The standard InChI is InChI=1S/C10H12N4O4/c15-7-1-8(9(16)17)14(4-7)10(18)13-6-2-11-5-12-3-6/h2-3,5,7-8,15H,1,4H2,(H,13,18)(H,16,17)/t7-,8-/m1/s1. The predicted octanol–water partition coefficient (Wildman–Crippen LogP) is -0.472. The molecular weight excluding hydrogens is 240 g/mol. The number of β-amino-alcohol motifs (C(OH)–C–C–N with tert-alkyl or cyclic N) is 1. The number of aliphatic hydroxyl groups is 1. The highest BCUT2D eigenvalue weighted by Gasteiger charge is 2.38. The summed E-state index contributed by atoms with van der Waals surface area (Å²) in [5.74, 6) is -1.13. The summed E-state index contributed by atoms with van der Waals surface area (Å²) in [7, 11) is 0. The monoisotopic (exact) mass is 252 g/mol. The minimum atomic E-state index is -1.13. The molecule has 1 aliphatic heterocycles. The average Bonchev–Trinajstić information content (AvgIpc) is 2.73. The first-order valence-corrected chi connectivity index (χ1v) is 5.31. The highest BCUT2D eigenvalue weighted by molar-refractivity contribution is 5.92. The Balaban J connectivity index is 2.06. The summed E-state index contributed by atoms with van der Waals surface area (Å²) in [6, 6.07) is -1.60. The molecule has 0 bridgehead atoms. The maximum atomic E-state index is 11.9. The number of hydrogen-bond acceptors (Lipinski definition) is 5. The van der Waals surface area contributed by atoms with Crippen molar-refractivity contribution in [2.75, 3.05) is 11.9 Å². The Bertz CT molecular complexity index is 452. The second kappa shape index (κ2) is 4.96. The van der Waals surface area contributed by atoms with E-state index in [0.717, 1.165) is 4.90 Å². The number of amides is 2. The van der Waals surface area contributed by atoms with Crippen LogP contribution in [0, 0.1) is 0 Å². The van der Waals surface area contributed by atoms with Crippen LogP contribution in [0.5, 0.6) is 0 Å². The lowest BCUT2D eigenvalue weighted by Gasteiger charge is -2.21. The molecule has 18 heavy (non-hydrogen) atoms. The molecule has 1 aliphatic rings. The van der Waals surface area contributed by atoms with Gasteiger partial charge in [0.05, 0.1) is 24.2 Å². The van der Waals surface area contributed by atoms with Crippen molar-refractivity contribution in [2.24, 2.45) is 0 Å². The Morgan fingerprint density at radius 3 is 2.67 bits per heavy atom. The molecule has 2 rings (SSSR count). The SMILES string of the molecule is O=C(O)[C@H]1C[C@@H](O)CN1C(=O)Nc1cncnc1. The maximum absolute atomic E-state index is 11.9. The van der Waals surface area contributed by atoms with Crippen molar-refractivity contribution in [1.82, 2.24) is 14.9 Å². The third-order valence-corrected chi connectivity index (χ3v) is 2.64. The fourth-order valence-corrected chi connectivity index (χ4v) is 1.83. The van der Waals surface area contributed by atoms with E-state index >= 15 is 0 Å². The normalized spacial score (nSPS) is 22.8. The highest BCUT2D eigenvalue weighted by atomic mass is 16.4.